The Kier molecular flexibility index (Phi) is 7.02. The Morgan fingerprint density at radius 1 is 1.24 bits per heavy atom. The highest BCUT2D eigenvalue weighted by Gasteiger charge is 2.21. The molecule has 0 spiro atoms. The Balaban J connectivity index is 2.31. The van der Waals surface area contributed by atoms with Gasteiger partial charge in [-0.1, -0.05) is 6.07 Å². The summed E-state index contributed by atoms with van der Waals surface area (Å²) in [5.41, 5.74) is 5.75. The highest BCUT2D eigenvalue weighted by molar-refractivity contribution is 5.92. The van der Waals surface area contributed by atoms with E-state index in [4.69, 9.17) is 10.5 Å². The summed E-state index contributed by atoms with van der Waals surface area (Å²) in [5.74, 6) is -1.25. The fourth-order valence-corrected chi connectivity index (χ4v) is 3.05. The van der Waals surface area contributed by atoms with Gasteiger partial charge in [0.25, 0.3) is 0 Å². The first-order valence-corrected chi connectivity index (χ1v) is 9.64. The molecule has 0 bridgehead atoms. The lowest BCUT2D eigenvalue weighted by Gasteiger charge is -2.27. The van der Waals surface area contributed by atoms with Crippen molar-refractivity contribution in [3.63, 3.8) is 0 Å². The van der Waals surface area contributed by atoms with Gasteiger partial charge in [0.15, 0.2) is 0 Å². The van der Waals surface area contributed by atoms with Crippen LogP contribution in [0.4, 0.5) is 4.79 Å². The minimum atomic E-state index is -1.25. The van der Waals surface area contributed by atoms with Gasteiger partial charge in [-0.15, -0.1) is 0 Å². The van der Waals surface area contributed by atoms with Crippen LogP contribution in [0.15, 0.2) is 29.2 Å². The Labute approximate surface area is 169 Å². The fraction of sp³-hybridized carbons (Fsp3) is 0.476. The number of aromatic nitrogens is 1. The summed E-state index contributed by atoms with van der Waals surface area (Å²) in [5, 5.41) is 9.67. The molecule has 8 heteroatoms. The highest BCUT2D eigenvalue weighted by Crippen LogP contribution is 2.16. The molecule has 2 rings (SSSR count). The number of fused-ring (bicyclic) bond motifs is 1. The second-order valence-corrected chi connectivity index (χ2v) is 7.82. The maximum atomic E-state index is 12.6. The summed E-state index contributed by atoms with van der Waals surface area (Å²) >= 11 is 0. The second-order valence-electron chi connectivity index (χ2n) is 7.82. The number of carboxylic acids is 1. The predicted octanol–water partition coefficient (Wildman–Crippen LogP) is 2.46. The number of carbonyl (C=O) groups is 2. The van der Waals surface area contributed by atoms with Crippen LogP contribution in [0.5, 0.6) is 0 Å². The molecule has 1 heterocycles. The number of amides is 1. The molecule has 0 saturated carbocycles. The van der Waals surface area contributed by atoms with E-state index >= 15 is 0 Å². The molecule has 0 atom stereocenters. The molecule has 0 aliphatic rings. The van der Waals surface area contributed by atoms with Crippen LogP contribution < -0.4 is 11.2 Å². The number of hydrogen-bond acceptors (Lipinski definition) is 5. The third kappa shape index (κ3) is 5.57. The predicted molar refractivity (Wildman–Crippen MR) is 111 cm³/mol. The van der Waals surface area contributed by atoms with Crippen LogP contribution in [0.1, 0.15) is 43.6 Å². The molecule has 3 N–H and O–H groups in total. The van der Waals surface area contributed by atoms with E-state index in [1.54, 1.807) is 31.4 Å². The van der Waals surface area contributed by atoms with E-state index in [-0.39, 0.29) is 5.56 Å². The normalized spacial score (nSPS) is 11.5. The summed E-state index contributed by atoms with van der Waals surface area (Å²) in [4.78, 5) is 37.9. The Morgan fingerprint density at radius 2 is 1.93 bits per heavy atom. The standard InChI is InChI=1S/C21H29N3O5/c1-5-23-13-16(19(26)27)18(25)15-12-14(6-7-17(15)23)8-10-24(11-9-22)20(28)29-21(2,3)4/h6-7,12-13H,5,8-11,22H2,1-4H3,(H,26,27). The molecular weight excluding hydrogens is 374 g/mol. The number of benzene rings is 1. The van der Waals surface area contributed by atoms with E-state index in [1.165, 1.54) is 11.1 Å². The van der Waals surface area contributed by atoms with Gasteiger partial charge in [-0.3, -0.25) is 4.79 Å². The van der Waals surface area contributed by atoms with E-state index in [9.17, 15) is 19.5 Å². The van der Waals surface area contributed by atoms with Crippen LogP contribution in [0, 0.1) is 0 Å². The molecule has 2 aromatic rings. The molecule has 0 radical (unpaired) electrons. The molecule has 8 nitrogen and oxygen atoms in total. The lowest BCUT2D eigenvalue weighted by molar-refractivity contribution is 0.0257. The molecular formula is C21H29N3O5. The number of nitrogens with zero attached hydrogens (tertiary/aromatic N) is 2. The number of aromatic carboxylic acids is 1. The van der Waals surface area contributed by atoms with Gasteiger partial charge in [0, 0.05) is 37.8 Å². The summed E-state index contributed by atoms with van der Waals surface area (Å²) in [7, 11) is 0. The molecule has 158 valence electrons. The zero-order valence-electron chi connectivity index (χ0n) is 17.4. The van der Waals surface area contributed by atoms with Crippen molar-refractivity contribution < 1.29 is 19.4 Å². The van der Waals surface area contributed by atoms with Crippen molar-refractivity contribution in [3.8, 4) is 0 Å². The maximum absolute atomic E-state index is 12.6. The third-order valence-corrected chi connectivity index (χ3v) is 4.44. The van der Waals surface area contributed by atoms with Crippen LogP contribution in [-0.2, 0) is 17.7 Å². The zero-order chi connectivity index (χ0) is 21.8. The monoisotopic (exact) mass is 403 g/mol. The van der Waals surface area contributed by atoms with Crippen molar-refractivity contribution in [3.05, 3.63) is 45.7 Å². The van der Waals surface area contributed by atoms with Gasteiger partial charge in [0.1, 0.15) is 11.2 Å². The largest absolute Gasteiger partial charge is 0.477 e. The average Bonchev–Trinajstić information content (AvgIpc) is 2.63. The third-order valence-electron chi connectivity index (χ3n) is 4.44. The first-order valence-electron chi connectivity index (χ1n) is 9.64. The number of nitrogens with two attached hydrogens (primary N) is 1. The van der Waals surface area contributed by atoms with Crippen molar-refractivity contribution in [1.82, 2.24) is 9.47 Å². The molecule has 1 aromatic heterocycles. The van der Waals surface area contributed by atoms with Gasteiger partial charge >= 0.3 is 12.1 Å². The van der Waals surface area contributed by atoms with Crippen molar-refractivity contribution >= 4 is 23.0 Å². The van der Waals surface area contributed by atoms with E-state index in [2.05, 4.69) is 0 Å². The summed E-state index contributed by atoms with van der Waals surface area (Å²) < 4.78 is 7.16. The van der Waals surface area contributed by atoms with Gasteiger partial charge in [-0.25, -0.2) is 9.59 Å². The van der Waals surface area contributed by atoms with Crippen molar-refractivity contribution in [1.29, 1.82) is 0 Å². The molecule has 29 heavy (non-hydrogen) atoms. The number of ether oxygens (including phenoxy) is 1. The van der Waals surface area contributed by atoms with E-state index in [1.807, 2.05) is 19.1 Å². The van der Waals surface area contributed by atoms with Crippen molar-refractivity contribution in [2.75, 3.05) is 19.6 Å². The van der Waals surface area contributed by atoms with Crippen LogP contribution in [0.25, 0.3) is 10.9 Å². The topological polar surface area (TPSA) is 115 Å². The minimum absolute atomic E-state index is 0.255. The summed E-state index contributed by atoms with van der Waals surface area (Å²) in [6.45, 7) is 8.86. The van der Waals surface area contributed by atoms with Gasteiger partial charge < -0.3 is 25.0 Å². The quantitative estimate of drug-likeness (QED) is 0.734. The molecule has 0 saturated heterocycles. The minimum Gasteiger partial charge on any atom is -0.477 e. The Morgan fingerprint density at radius 3 is 2.48 bits per heavy atom. The lowest BCUT2D eigenvalue weighted by atomic mass is 10.1. The zero-order valence-corrected chi connectivity index (χ0v) is 17.4. The molecule has 0 fully saturated rings. The first-order chi connectivity index (χ1) is 13.6. The first kappa shape index (κ1) is 22.4. The number of pyridine rings is 1. The SMILES string of the molecule is CCn1cc(C(=O)O)c(=O)c2cc(CCN(CCN)C(=O)OC(C)(C)C)ccc21. The van der Waals surface area contributed by atoms with E-state index in [0.717, 1.165) is 5.56 Å². The van der Waals surface area contributed by atoms with E-state index < -0.39 is 23.1 Å². The van der Waals surface area contributed by atoms with Crippen LogP contribution in [0.3, 0.4) is 0 Å². The molecule has 1 amide bonds. The Bertz CT molecular complexity index is 959. The molecule has 0 unspecified atom stereocenters. The molecule has 0 aliphatic carbocycles. The smallest absolute Gasteiger partial charge is 0.410 e. The Hall–Kier alpha value is -2.87. The van der Waals surface area contributed by atoms with Gasteiger partial charge in [-0.2, -0.15) is 0 Å². The summed E-state index contributed by atoms with van der Waals surface area (Å²) in [6.07, 6.45) is 1.42. The van der Waals surface area contributed by atoms with Gasteiger partial charge in [-0.05, 0) is 51.8 Å². The maximum Gasteiger partial charge on any atom is 0.410 e. The summed E-state index contributed by atoms with van der Waals surface area (Å²) in [6, 6.07) is 5.39. The van der Waals surface area contributed by atoms with Crippen LogP contribution >= 0.6 is 0 Å². The number of aryl methyl sites for hydroxylation is 1. The number of carbonyl (C=O) groups excluding carboxylic acids is 1. The van der Waals surface area contributed by atoms with Gasteiger partial charge in [0.05, 0.1) is 5.52 Å². The van der Waals surface area contributed by atoms with E-state index in [0.29, 0.717) is 43.5 Å². The highest BCUT2D eigenvalue weighted by atomic mass is 16.6. The average molecular weight is 403 g/mol. The van der Waals surface area contributed by atoms with Gasteiger partial charge in [0.2, 0.25) is 5.43 Å². The van der Waals surface area contributed by atoms with Crippen LogP contribution in [-0.4, -0.2) is 51.9 Å². The fourth-order valence-electron chi connectivity index (χ4n) is 3.05. The number of rotatable bonds is 7. The molecule has 1 aromatic carbocycles. The lowest BCUT2D eigenvalue weighted by Crippen LogP contribution is -2.40. The number of hydrogen-bond donors (Lipinski definition) is 2. The van der Waals surface area contributed by atoms with Crippen molar-refractivity contribution in [2.45, 2.75) is 46.3 Å². The second kappa shape index (κ2) is 9.09. The van der Waals surface area contributed by atoms with Crippen LogP contribution in [0.2, 0.25) is 0 Å². The van der Waals surface area contributed by atoms with Crippen molar-refractivity contribution in [2.24, 2.45) is 5.73 Å². The molecule has 0 aliphatic heterocycles. The number of carboxylic acid groups (broad SMARTS) is 1.